The zero-order valence-corrected chi connectivity index (χ0v) is 13.1. The van der Waals surface area contributed by atoms with Gasteiger partial charge in [-0.15, -0.1) is 0 Å². The second-order valence-electron chi connectivity index (χ2n) is 6.54. The maximum atomic E-state index is 11.4. The molecule has 1 aliphatic heterocycles. The Bertz CT molecular complexity index is 540. The highest BCUT2D eigenvalue weighted by Gasteiger charge is 2.38. The van der Waals surface area contributed by atoms with Gasteiger partial charge in [0.2, 0.25) is 5.91 Å². The molecule has 116 valence electrons. The number of benzene rings is 1. The molecule has 1 aromatic rings. The van der Waals surface area contributed by atoms with E-state index in [-0.39, 0.29) is 35.9 Å². The van der Waals surface area contributed by atoms with Crippen LogP contribution in [0.2, 0.25) is 0 Å². The first-order chi connectivity index (χ1) is 9.69. The fourth-order valence-corrected chi connectivity index (χ4v) is 2.93. The van der Waals surface area contributed by atoms with Crippen molar-refractivity contribution >= 4 is 5.91 Å². The molecule has 1 unspecified atom stereocenters. The first kappa shape index (κ1) is 15.6. The van der Waals surface area contributed by atoms with Crippen LogP contribution in [0.25, 0.3) is 0 Å². The van der Waals surface area contributed by atoms with Crippen molar-refractivity contribution in [2.24, 2.45) is 5.73 Å². The molecule has 0 radical (unpaired) electrons. The maximum Gasteiger partial charge on any atom is 0.231 e. The molecule has 0 bridgehead atoms. The summed E-state index contributed by atoms with van der Waals surface area (Å²) in [5, 5.41) is 9.67. The molecule has 21 heavy (non-hydrogen) atoms. The predicted octanol–water partition coefficient (Wildman–Crippen LogP) is 2.19. The SMILES string of the molecule is CC(C)N(CC(N)=O)C1CC(C)(C)Oc2cc(O)ccc21. The quantitative estimate of drug-likeness (QED) is 0.892. The van der Waals surface area contributed by atoms with Crippen molar-refractivity contribution in [2.75, 3.05) is 6.54 Å². The lowest BCUT2D eigenvalue weighted by atomic mass is 9.88. The Labute approximate surface area is 125 Å². The molecule has 1 aliphatic rings. The van der Waals surface area contributed by atoms with E-state index < -0.39 is 0 Å². The van der Waals surface area contributed by atoms with Gasteiger partial charge in [-0.05, 0) is 33.8 Å². The van der Waals surface area contributed by atoms with Crippen molar-refractivity contribution < 1.29 is 14.6 Å². The molecule has 1 aromatic carbocycles. The van der Waals surface area contributed by atoms with Crippen molar-refractivity contribution in [2.45, 2.75) is 51.8 Å². The lowest BCUT2D eigenvalue weighted by molar-refractivity contribution is -0.121. The van der Waals surface area contributed by atoms with E-state index in [1.54, 1.807) is 12.1 Å². The maximum absolute atomic E-state index is 11.4. The lowest BCUT2D eigenvalue weighted by Gasteiger charge is -2.43. The molecule has 5 nitrogen and oxygen atoms in total. The topological polar surface area (TPSA) is 75.8 Å². The average molecular weight is 292 g/mol. The molecule has 0 aromatic heterocycles. The molecule has 0 aliphatic carbocycles. The highest BCUT2D eigenvalue weighted by Crippen LogP contribution is 2.44. The number of hydrogen-bond acceptors (Lipinski definition) is 4. The average Bonchev–Trinajstić information content (AvgIpc) is 2.32. The summed E-state index contributed by atoms with van der Waals surface area (Å²) in [6, 6.07) is 5.36. The normalized spacial score (nSPS) is 20.2. The Morgan fingerprint density at radius 1 is 1.52 bits per heavy atom. The standard InChI is InChI=1S/C16H24N2O3/c1-10(2)18(9-15(17)20)13-8-16(3,4)21-14-7-11(19)5-6-12(13)14/h5-7,10,13,19H,8-9H2,1-4H3,(H2,17,20). The van der Waals surface area contributed by atoms with Crippen LogP contribution >= 0.6 is 0 Å². The molecular weight excluding hydrogens is 268 g/mol. The minimum atomic E-state index is -0.365. The van der Waals surface area contributed by atoms with Crippen LogP contribution in [0.15, 0.2) is 18.2 Å². The number of phenols is 1. The lowest BCUT2D eigenvalue weighted by Crippen LogP contribution is -2.46. The van der Waals surface area contributed by atoms with Crippen LogP contribution in [-0.4, -0.2) is 34.1 Å². The summed E-state index contributed by atoms with van der Waals surface area (Å²) < 4.78 is 5.96. The van der Waals surface area contributed by atoms with Gasteiger partial charge in [0.15, 0.2) is 0 Å². The summed E-state index contributed by atoms with van der Waals surface area (Å²) in [6.07, 6.45) is 0.760. The van der Waals surface area contributed by atoms with Crippen LogP contribution < -0.4 is 10.5 Å². The zero-order chi connectivity index (χ0) is 15.8. The summed E-state index contributed by atoms with van der Waals surface area (Å²) in [4.78, 5) is 13.5. The van der Waals surface area contributed by atoms with Gasteiger partial charge >= 0.3 is 0 Å². The van der Waals surface area contributed by atoms with E-state index in [0.717, 1.165) is 12.0 Å². The summed E-state index contributed by atoms with van der Waals surface area (Å²) >= 11 is 0. The Morgan fingerprint density at radius 2 is 2.19 bits per heavy atom. The molecule has 0 spiro atoms. The molecular formula is C16H24N2O3. The first-order valence-electron chi connectivity index (χ1n) is 7.25. The molecule has 1 atom stereocenters. The van der Waals surface area contributed by atoms with Gasteiger partial charge in [0.1, 0.15) is 17.1 Å². The monoisotopic (exact) mass is 292 g/mol. The van der Waals surface area contributed by atoms with Gasteiger partial charge < -0.3 is 15.6 Å². The summed E-state index contributed by atoms with van der Waals surface area (Å²) in [7, 11) is 0. The van der Waals surface area contributed by atoms with Crippen LogP contribution in [0.1, 0.15) is 45.7 Å². The number of phenolic OH excluding ortho intramolecular Hbond substituents is 1. The first-order valence-corrected chi connectivity index (χ1v) is 7.25. The number of aromatic hydroxyl groups is 1. The number of carbonyl (C=O) groups is 1. The molecule has 0 fully saturated rings. The summed E-state index contributed by atoms with van der Waals surface area (Å²) in [5.74, 6) is 0.510. The molecule has 2 rings (SSSR count). The molecule has 1 amide bonds. The number of primary amides is 1. The zero-order valence-electron chi connectivity index (χ0n) is 13.1. The highest BCUT2D eigenvalue weighted by molar-refractivity contribution is 5.76. The van der Waals surface area contributed by atoms with Crippen LogP contribution in [0.3, 0.4) is 0 Å². The third-order valence-corrected chi connectivity index (χ3v) is 3.83. The number of carbonyl (C=O) groups excluding carboxylic acids is 1. The van der Waals surface area contributed by atoms with E-state index in [4.69, 9.17) is 10.5 Å². The van der Waals surface area contributed by atoms with Crippen molar-refractivity contribution in [1.82, 2.24) is 4.90 Å². The predicted molar refractivity (Wildman–Crippen MR) is 81.2 cm³/mol. The van der Waals surface area contributed by atoms with E-state index in [9.17, 15) is 9.90 Å². The molecule has 3 N–H and O–H groups in total. The Hall–Kier alpha value is -1.75. The Morgan fingerprint density at radius 3 is 2.76 bits per heavy atom. The number of nitrogens with zero attached hydrogens (tertiary/aromatic N) is 1. The number of amides is 1. The number of rotatable bonds is 4. The summed E-state index contributed by atoms with van der Waals surface area (Å²) in [6.45, 7) is 8.32. The van der Waals surface area contributed by atoms with E-state index in [2.05, 4.69) is 4.90 Å². The summed E-state index contributed by atoms with van der Waals surface area (Å²) in [5.41, 5.74) is 6.02. The van der Waals surface area contributed by atoms with E-state index in [1.165, 1.54) is 0 Å². The largest absolute Gasteiger partial charge is 0.508 e. The van der Waals surface area contributed by atoms with Gasteiger partial charge in [-0.1, -0.05) is 6.07 Å². The number of nitrogens with two attached hydrogens (primary N) is 1. The van der Waals surface area contributed by atoms with Crippen molar-refractivity contribution in [3.8, 4) is 11.5 Å². The fourth-order valence-electron chi connectivity index (χ4n) is 2.93. The van der Waals surface area contributed by atoms with Gasteiger partial charge in [-0.3, -0.25) is 9.69 Å². The van der Waals surface area contributed by atoms with Crippen LogP contribution in [0, 0.1) is 0 Å². The number of ether oxygens (including phenoxy) is 1. The van der Waals surface area contributed by atoms with Crippen LogP contribution in [-0.2, 0) is 4.79 Å². The van der Waals surface area contributed by atoms with E-state index in [0.29, 0.717) is 5.75 Å². The molecule has 0 saturated heterocycles. The van der Waals surface area contributed by atoms with Gasteiger partial charge in [0, 0.05) is 30.1 Å². The Kier molecular flexibility index (Phi) is 4.14. The van der Waals surface area contributed by atoms with Crippen molar-refractivity contribution in [1.29, 1.82) is 0 Å². The van der Waals surface area contributed by atoms with Crippen molar-refractivity contribution in [3.63, 3.8) is 0 Å². The van der Waals surface area contributed by atoms with Gasteiger partial charge in [-0.2, -0.15) is 0 Å². The molecule has 0 saturated carbocycles. The number of fused-ring (bicyclic) bond motifs is 1. The minimum Gasteiger partial charge on any atom is -0.508 e. The van der Waals surface area contributed by atoms with Gasteiger partial charge in [0.25, 0.3) is 0 Å². The van der Waals surface area contributed by atoms with Gasteiger partial charge in [0.05, 0.1) is 6.54 Å². The molecule has 5 heteroatoms. The number of hydrogen-bond donors (Lipinski definition) is 2. The third kappa shape index (κ3) is 3.47. The van der Waals surface area contributed by atoms with Crippen LogP contribution in [0.5, 0.6) is 11.5 Å². The van der Waals surface area contributed by atoms with Crippen molar-refractivity contribution in [3.05, 3.63) is 23.8 Å². The highest BCUT2D eigenvalue weighted by atomic mass is 16.5. The minimum absolute atomic E-state index is 0.0387. The third-order valence-electron chi connectivity index (χ3n) is 3.83. The van der Waals surface area contributed by atoms with E-state index >= 15 is 0 Å². The fraction of sp³-hybridized carbons (Fsp3) is 0.562. The van der Waals surface area contributed by atoms with Crippen LogP contribution in [0.4, 0.5) is 0 Å². The smallest absolute Gasteiger partial charge is 0.231 e. The Balaban J connectivity index is 2.44. The second kappa shape index (κ2) is 5.56. The molecule has 1 heterocycles. The van der Waals surface area contributed by atoms with Gasteiger partial charge in [-0.25, -0.2) is 0 Å². The second-order valence-corrected chi connectivity index (χ2v) is 6.54. The van der Waals surface area contributed by atoms with E-state index in [1.807, 2.05) is 33.8 Å².